The fraction of sp³-hybridized carbons (Fsp3) is 0.385. The van der Waals surface area contributed by atoms with Crippen LogP contribution in [0.5, 0.6) is 0 Å². The molecule has 0 saturated heterocycles. The van der Waals surface area contributed by atoms with Crippen LogP contribution in [0.2, 0.25) is 0 Å². The predicted molar refractivity (Wildman–Crippen MR) is 65.0 cm³/mol. The van der Waals surface area contributed by atoms with Crippen LogP contribution in [0, 0.1) is 0 Å². The molecule has 0 atom stereocenters. The fourth-order valence-corrected chi connectivity index (χ4v) is 1.45. The van der Waals surface area contributed by atoms with Gasteiger partial charge in [0, 0.05) is 5.39 Å². The predicted octanol–water partition coefficient (Wildman–Crippen LogP) is 3.56. The van der Waals surface area contributed by atoms with Crippen molar-refractivity contribution >= 4 is 10.9 Å². The summed E-state index contributed by atoms with van der Waals surface area (Å²) in [4.78, 5) is 0. The molecule has 1 aromatic carbocycles. The Morgan fingerprint density at radius 3 is 2.47 bits per heavy atom. The Bertz CT molecular complexity index is 455. The van der Waals surface area contributed by atoms with Gasteiger partial charge in [-0.15, -0.1) is 0 Å². The molecule has 0 aliphatic carbocycles. The molecule has 2 nitrogen and oxygen atoms in total. The van der Waals surface area contributed by atoms with Crippen LogP contribution in [-0.2, 0) is 5.41 Å². The Labute approximate surface area is 91.4 Å². The zero-order valence-electron chi connectivity index (χ0n) is 8.78. The van der Waals surface area contributed by atoms with Gasteiger partial charge in [-0.05, 0) is 29.2 Å². The summed E-state index contributed by atoms with van der Waals surface area (Å²) in [5.74, 6) is 0. The molecule has 15 heavy (non-hydrogen) atoms. The van der Waals surface area contributed by atoms with Crippen LogP contribution < -0.4 is 0 Å². The topological polar surface area (TPSA) is 25.8 Å². The second kappa shape index (κ2) is 3.97. The van der Waals surface area contributed by atoms with E-state index in [2.05, 4.69) is 43.1 Å². The van der Waals surface area contributed by atoms with Gasteiger partial charge in [-0.1, -0.05) is 34.3 Å². The molecule has 2 rings (SSSR count). The highest BCUT2D eigenvalue weighted by atomic mass is 15.1. The summed E-state index contributed by atoms with van der Waals surface area (Å²) in [7, 11) is 0. The summed E-state index contributed by atoms with van der Waals surface area (Å²) in [6, 6.07) is 8.33. The summed E-state index contributed by atoms with van der Waals surface area (Å²) in [5.41, 5.74) is 2.48. The van der Waals surface area contributed by atoms with Crippen molar-refractivity contribution < 1.29 is 0 Å². The first kappa shape index (κ1) is 11.6. The Kier molecular flexibility index (Phi) is 3.08. The van der Waals surface area contributed by atoms with Crippen molar-refractivity contribution in [1.82, 2.24) is 10.2 Å². The summed E-state index contributed by atoms with van der Waals surface area (Å²) in [5, 5.41) is 9.07. The van der Waals surface area contributed by atoms with Crippen molar-refractivity contribution in [3.63, 3.8) is 0 Å². The maximum atomic E-state index is 4.05. The lowest BCUT2D eigenvalue weighted by molar-refractivity contribution is 0.591. The van der Waals surface area contributed by atoms with E-state index in [-0.39, 0.29) is 12.8 Å². The summed E-state index contributed by atoms with van der Waals surface area (Å²) in [6.45, 7) is 6.63. The highest BCUT2D eigenvalue weighted by Crippen LogP contribution is 2.24. The fourth-order valence-electron chi connectivity index (χ4n) is 1.45. The molecule has 1 aromatic heterocycles. The highest BCUT2D eigenvalue weighted by molar-refractivity contribution is 5.78. The van der Waals surface area contributed by atoms with Crippen LogP contribution in [0.3, 0.4) is 0 Å². The van der Waals surface area contributed by atoms with Crippen LogP contribution in [0.15, 0.2) is 30.5 Å². The van der Waals surface area contributed by atoms with Crippen molar-refractivity contribution in [2.45, 2.75) is 33.6 Å². The van der Waals surface area contributed by atoms with Crippen molar-refractivity contribution in [1.29, 1.82) is 0 Å². The molecular weight excluding hydrogens is 184 g/mol. The third kappa shape index (κ3) is 2.32. The van der Waals surface area contributed by atoms with Gasteiger partial charge in [-0.3, -0.25) is 0 Å². The zero-order valence-corrected chi connectivity index (χ0v) is 8.78. The van der Waals surface area contributed by atoms with Gasteiger partial charge in [-0.2, -0.15) is 10.2 Å². The average molecular weight is 202 g/mol. The van der Waals surface area contributed by atoms with Gasteiger partial charge < -0.3 is 0 Å². The normalized spacial score (nSPS) is 11.1. The Morgan fingerprint density at radius 2 is 1.80 bits per heavy atom. The zero-order chi connectivity index (χ0) is 10.2. The Balaban J connectivity index is 0.00000112. The van der Waals surface area contributed by atoms with E-state index in [9.17, 15) is 0 Å². The lowest BCUT2D eigenvalue weighted by Gasteiger charge is -2.19. The molecule has 1 heterocycles. The second-order valence-corrected chi connectivity index (χ2v) is 4.55. The van der Waals surface area contributed by atoms with Crippen LogP contribution in [-0.4, -0.2) is 10.2 Å². The van der Waals surface area contributed by atoms with Crippen molar-refractivity contribution in [2.24, 2.45) is 0 Å². The lowest BCUT2D eigenvalue weighted by Crippen LogP contribution is -2.10. The van der Waals surface area contributed by atoms with Crippen LogP contribution >= 0.6 is 0 Å². The maximum absolute atomic E-state index is 4.05. The van der Waals surface area contributed by atoms with Gasteiger partial charge in [0.1, 0.15) is 0 Å². The largest absolute Gasteiger partial charge is 0.159 e. The van der Waals surface area contributed by atoms with Crippen LogP contribution in [0.1, 0.15) is 33.8 Å². The van der Waals surface area contributed by atoms with E-state index in [4.69, 9.17) is 0 Å². The smallest absolute Gasteiger partial charge is 0.0929 e. The standard InChI is InChI=1S/C12H14N2.CH4/c1-12(2,3)10-4-5-11-9(8-10)6-7-13-14-11;/h4-8H,1-3H3;1H4. The molecule has 80 valence electrons. The molecule has 0 spiro atoms. The number of rotatable bonds is 0. The third-order valence-electron chi connectivity index (χ3n) is 2.38. The lowest BCUT2D eigenvalue weighted by atomic mass is 9.86. The highest BCUT2D eigenvalue weighted by Gasteiger charge is 2.13. The first-order chi connectivity index (χ1) is 6.57. The summed E-state index contributed by atoms with van der Waals surface area (Å²) >= 11 is 0. The van der Waals surface area contributed by atoms with Crippen LogP contribution in [0.25, 0.3) is 10.9 Å². The number of benzene rings is 1. The van der Waals surface area contributed by atoms with Gasteiger partial charge in [0.25, 0.3) is 0 Å². The van der Waals surface area contributed by atoms with E-state index in [1.165, 1.54) is 5.56 Å². The summed E-state index contributed by atoms with van der Waals surface area (Å²) in [6.07, 6.45) is 1.73. The molecule has 0 unspecified atom stereocenters. The molecule has 0 aliphatic heterocycles. The number of aromatic nitrogens is 2. The van der Waals surface area contributed by atoms with E-state index >= 15 is 0 Å². The Hall–Kier alpha value is -1.44. The monoisotopic (exact) mass is 202 g/mol. The van der Waals surface area contributed by atoms with Gasteiger partial charge in [0.05, 0.1) is 11.7 Å². The molecule has 0 bridgehead atoms. The molecule has 2 heteroatoms. The first-order valence-electron chi connectivity index (χ1n) is 4.79. The van der Waals surface area contributed by atoms with E-state index in [1.807, 2.05) is 12.1 Å². The van der Waals surface area contributed by atoms with Gasteiger partial charge in [0.15, 0.2) is 0 Å². The van der Waals surface area contributed by atoms with Crippen molar-refractivity contribution in [3.05, 3.63) is 36.0 Å². The van der Waals surface area contributed by atoms with Crippen molar-refractivity contribution in [2.75, 3.05) is 0 Å². The number of hydrogen-bond donors (Lipinski definition) is 0. The Morgan fingerprint density at radius 1 is 1.07 bits per heavy atom. The third-order valence-corrected chi connectivity index (χ3v) is 2.38. The number of fused-ring (bicyclic) bond motifs is 1. The second-order valence-electron chi connectivity index (χ2n) is 4.55. The summed E-state index contributed by atoms with van der Waals surface area (Å²) < 4.78 is 0. The number of nitrogens with zero attached hydrogens (tertiary/aromatic N) is 2. The molecule has 0 saturated carbocycles. The van der Waals surface area contributed by atoms with E-state index in [0.29, 0.717) is 0 Å². The van der Waals surface area contributed by atoms with Crippen molar-refractivity contribution in [3.8, 4) is 0 Å². The van der Waals surface area contributed by atoms with E-state index in [0.717, 1.165) is 10.9 Å². The minimum Gasteiger partial charge on any atom is -0.159 e. The maximum Gasteiger partial charge on any atom is 0.0929 e. The minimum atomic E-state index is 0. The van der Waals surface area contributed by atoms with Gasteiger partial charge >= 0.3 is 0 Å². The quantitative estimate of drug-likeness (QED) is 0.652. The first-order valence-corrected chi connectivity index (χ1v) is 4.79. The average Bonchev–Trinajstić information content (AvgIpc) is 2.16. The SMILES string of the molecule is C.CC(C)(C)c1ccc2nnccc2c1. The van der Waals surface area contributed by atoms with Crippen LogP contribution in [0.4, 0.5) is 0 Å². The molecule has 0 aliphatic rings. The molecule has 2 aromatic rings. The van der Waals surface area contributed by atoms with E-state index in [1.54, 1.807) is 6.20 Å². The van der Waals surface area contributed by atoms with E-state index < -0.39 is 0 Å². The van der Waals surface area contributed by atoms with Gasteiger partial charge in [-0.25, -0.2) is 0 Å². The molecular formula is C13H18N2. The molecule has 0 amide bonds. The number of hydrogen-bond acceptors (Lipinski definition) is 2. The molecule has 0 N–H and O–H groups in total. The molecule has 0 fully saturated rings. The minimum absolute atomic E-state index is 0. The van der Waals surface area contributed by atoms with Gasteiger partial charge in [0.2, 0.25) is 0 Å². The molecule has 0 radical (unpaired) electrons.